The van der Waals surface area contributed by atoms with Crippen molar-refractivity contribution in [2.45, 2.75) is 58.5 Å². The summed E-state index contributed by atoms with van der Waals surface area (Å²) in [5, 5.41) is 4.37. The molecule has 1 saturated carbocycles. The highest BCUT2D eigenvalue weighted by Gasteiger charge is 2.23. The predicted octanol–water partition coefficient (Wildman–Crippen LogP) is 4.85. The lowest BCUT2D eigenvalue weighted by Crippen LogP contribution is -2.35. The number of anilines is 1. The van der Waals surface area contributed by atoms with Crippen molar-refractivity contribution in [3.8, 4) is 0 Å². The molecule has 0 heterocycles. The fourth-order valence-electron chi connectivity index (χ4n) is 3.27. The van der Waals surface area contributed by atoms with Gasteiger partial charge in [0.15, 0.2) is 0 Å². The number of hydrogen-bond acceptors (Lipinski definition) is 2. The highest BCUT2D eigenvalue weighted by Crippen LogP contribution is 2.33. The van der Waals surface area contributed by atoms with Gasteiger partial charge in [0.05, 0.1) is 0 Å². The Morgan fingerprint density at radius 3 is 2.62 bits per heavy atom. The van der Waals surface area contributed by atoms with E-state index in [1.165, 1.54) is 36.9 Å². The Labute approximate surface area is 134 Å². The maximum atomic E-state index is 6.45. The molecular formula is C18H29ClN2. The molecule has 0 unspecified atom stereocenters. The Hall–Kier alpha value is -0.730. The van der Waals surface area contributed by atoms with Crippen molar-refractivity contribution in [2.24, 2.45) is 5.92 Å². The van der Waals surface area contributed by atoms with Crippen LogP contribution in [0.3, 0.4) is 0 Å². The SMILES string of the molecule is CCCNCc1c(Cl)cccc1N(C)C1CCC(C)CC1. The first-order chi connectivity index (χ1) is 10.1. The van der Waals surface area contributed by atoms with Crippen LogP contribution >= 0.6 is 11.6 Å². The molecule has 0 saturated heterocycles. The van der Waals surface area contributed by atoms with E-state index in [1.54, 1.807) is 0 Å². The second kappa shape index (κ2) is 8.05. The summed E-state index contributed by atoms with van der Waals surface area (Å²) >= 11 is 6.45. The molecule has 0 aromatic heterocycles. The van der Waals surface area contributed by atoms with Gasteiger partial charge in [-0.1, -0.05) is 31.5 Å². The van der Waals surface area contributed by atoms with E-state index < -0.39 is 0 Å². The first-order valence-electron chi connectivity index (χ1n) is 8.34. The Morgan fingerprint density at radius 2 is 1.95 bits per heavy atom. The van der Waals surface area contributed by atoms with Crippen molar-refractivity contribution in [3.63, 3.8) is 0 Å². The van der Waals surface area contributed by atoms with Crippen molar-refractivity contribution < 1.29 is 0 Å². The van der Waals surface area contributed by atoms with Crippen LogP contribution in [0.15, 0.2) is 18.2 Å². The van der Waals surface area contributed by atoms with E-state index in [0.29, 0.717) is 6.04 Å². The van der Waals surface area contributed by atoms with Crippen molar-refractivity contribution in [1.82, 2.24) is 5.32 Å². The number of hydrogen-bond donors (Lipinski definition) is 1. The van der Waals surface area contributed by atoms with Crippen LogP contribution in [0.4, 0.5) is 5.69 Å². The summed E-state index contributed by atoms with van der Waals surface area (Å²) in [6.45, 7) is 6.46. The number of rotatable bonds is 6. The van der Waals surface area contributed by atoms with Gasteiger partial charge in [0.1, 0.15) is 0 Å². The summed E-state index contributed by atoms with van der Waals surface area (Å²) in [4.78, 5) is 2.46. The van der Waals surface area contributed by atoms with Gasteiger partial charge < -0.3 is 10.2 Å². The first kappa shape index (κ1) is 16.6. The molecule has 0 spiro atoms. The molecule has 1 aromatic rings. The maximum Gasteiger partial charge on any atom is 0.0471 e. The lowest BCUT2D eigenvalue weighted by molar-refractivity contribution is 0.340. The highest BCUT2D eigenvalue weighted by molar-refractivity contribution is 6.31. The van der Waals surface area contributed by atoms with Gasteiger partial charge in [-0.25, -0.2) is 0 Å². The zero-order valence-corrected chi connectivity index (χ0v) is 14.4. The minimum absolute atomic E-state index is 0.657. The third-order valence-electron chi connectivity index (χ3n) is 4.74. The van der Waals surface area contributed by atoms with E-state index >= 15 is 0 Å². The smallest absolute Gasteiger partial charge is 0.0471 e. The monoisotopic (exact) mass is 308 g/mol. The fourth-order valence-corrected chi connectivity index (χ4v) is 3.51. The molecule has 2 nitrogen and oxygen atoms in total. The van der Waals surface area contributed by atoms with E-state index in [1.807, 2.05) is 6.07 Å². The molecule has 21 heavy (non-hydrogen) atoms. The summed E-state index contributed by atoms with van der Waals surface area (Å²) in [6, 6.07) is 6.95. The van der Waals surface area contributed by atoms with Crippen LogP contribution in [0.5, 0.6) is 0 Å². The first-order valence-corrected chi connectivity index (χ1v) is 8.72. The van der Waals surface area contributed by atoms with Gasteiger partial charge in [-0.05, 0) is 56.7 Å². The van der Waals surface area contributed by atoms with Crippen LogP contribution in [-0.4, -0.2) is 19.6 Å². The van der Waals surface area contributed by atoms with Gasteiger partial charge in [0.25, 0.3) is 0 Å². The Morgan fingerprint density at radius 1 is 1.24 bits per heavy atom. The average molecular weight is 309 g/mol. The van der Waals surface area contributed by atoms with Crippen LogP contribution < -0.4 is 10.2 Å². The lowest BCUT2D eigenvalue weighted by Gasteiger charge is -2.36. The Bertz CT molecular complexity index is 439. The largest absolute Gasteiger partial charge is 0.371 e. The van der Waals surface area contributed by atoms with E-state index in [2.05, 4.69) is 43.2 Å². The van der Waals surface area contributed by atoms with Crippen molar-refractivity contribution in [2.75, 3.05) is 18.5 Å². The van der Waals surface area contributed by atoms with E-state index in [4.69, 9.17) is 11.6 Å². The molecule has 0 radical (unpaired) electrons. The molecule has 1 aliphatic carbocycles. The summed E-state index contributed by atoms with van der Waals surface area (Å²) in [5.74, 6) is 0.889. The predicted molar refractivity (Wildman–Crippen MR) is 93.3 cm³/mol. The summed E-state index contributed by atoms with van der Waals surface area (Å²) in [6.07, 6.45) is 6.44. The van der Waals surface area contributed by atoms with Gasteiger partial charge >= 0.3 is 0 Å². The van der Waals surface area contributed by atoms with Gasteiger partial charge in [-0.15, -0.1) is 0 Å². The second-order valence-corrected chi connectivity index (χ2v) is 6.85. The average Bonchev–Trinajstić information content (AvgIpc) is 2.49. The number of nitrogens with zero attached hydrogens (tertiary/aromatic N) is 1. The molecule has 1 fully saturated rings. The molecule has 1 aliphatic rings. The maximum absolute atomic E-state index is 6.45. The molecule has 2 rings (SSSR count). The zero-order valence-electron chi connectivity index (χ0n) is 13.7. The molecule has 118 valence electrons. The van der Waals surface area contributed by atoms with Crippen molar-refractivity contribution in [3.05, 3.63) is 28.8 Å². The standard InChI is InChI=1S/C18H29ClN2/c1-4-12-20-13-16-17(19)6-5-7-18(16)21(3)15-10-8-14(2)9-11-15/h5-7,14-15,20H,4,8-13H2,1-3H3. The second-order valence-electron chi connectivity index (χ2n) is 6.44. The Balaban J connectivity index is 2.12. The normalized spacial score (nSPS) is 22.3. The van der Waals surface area contributed by atoms with Crippen LogP contribution in [-0.2, 0) is 6.54 Å². The highest BCUT2D eigenvalue weighted by atomic mass is 35.5. The molecule has 0 aliphatic heterocycles. The fraction of sp³-hybridized carbons (Fsp3) is 0.667. The van der Waals surface area contributed by atoms with Crippen molar-refractivity contribution >= 4 is 17.3 Å². The molecule has 0 bridgehead atoms. The third kappa shape index (κ3) is 4.37. The number of nitrogens with one attached hydrogen (secondary N) is 1. The molecule has 3 heteroatoms. The minimum Gasteiger partial charge on any atom is -0.371 e. The van der Waals surface area contributed by atoms with Gasteiger partial charge in [-0.3, -0.25) is 0 Å². The molecule has 1 N–H and O–H groups in total. The van der Waals surface area contributed by atoms with Crippen LogP contribution in [0.25, 0.3) is 0 Å². The molecule has 0 amide bonds. The Kier molecular flexibility index (Phi) is 6.38. The molecular weight excluding hydrogens is 280 g/mol. The topological polar surface area (TPSA) is 15.3 Å². The number of benzene rings is 1. The van der Waals surface area contributed by atoms with Gasteiger partial charge in [-0.2, -0.15) is 0 Å². The van der Waals surface area contributed by atoms with Gasteiger partial charge in [0, 0.05) is 35.9 Å². The van der Waals surface area contributed by atoms with Crippen LogP contribution in [0, 0.1) is 5.92 Å². The van der Waals surface area contributed by atoms with Crippen molar-refractivity contribution in [1.29, 1.82) is 0 Å². The number of halogens is 1. The summed E-state index contributed by atoms with van der Waals surface area (Å²) in [7, 11) is 2.23. The van der Waals surface area contributed by atoms with E-state index in [-0.39, 0.29) is 0 Å². The van der Waals surface area contributed by atoms with E-state index in [0.717, 1.165) is 30.5 Å². The minimum atomic E-state index is 0.657. The summed E-state index contributed by atoms with van der Waals surface area (Å²) < 4.78 is 0. The van der Waals surface area contributed by atoms with E-state index in [9.17, 15) is 0 Å². The summed E-state index contributed by atoms with van der Waals surface area (Å²) in [5.41, 5.74) is 2.54. The molecule has 1 aromatic carbocycles. The van der Waals surface area contributed by atoms with Gasteiger partial charge in [0.2, 0.25) is 0 Å². The zero-order chi connectivity index (χ0) is 15.2. The third-order valence-corrected chi connectivity index (χ3v) is 5.09. The quantitative estimate of drug-likeness (QED) is 0.755. The van der Waals surface area contributed by atoms with Crippen LogP contribution in [0.1, 0.15) is 51.5 Å². The molecule has 0 atom stereocenters. The van der Waals surface area contributed by atoms with Crippen LogP contribution in [0.2, 0.25) is 5.02 Å². The lowest BCUT2D eigenvalue weighted by atomic mass is 9.86.